The third kappa shape index (κ3) is 4.26. The number of aryl methyl sites for hydroxylation is 1. The van der Waals surface area contributed by atoms with Crippen LogP contribution < -0.4 is 4.74 Å². The number of ketones is 1. The number of carbonyl (C=O) groups is 1. The normalized spacial score (nSPS) is 11.9. The van der Waals surface area contributed by atoms with E-state index < -0.39 is 10.8 Å². The average Bonchev–Trinajstić information content (AvgIpc) is 2.49. The first-order chi connectivity index (χ1) is 10.1. The van der Waals surface area contributed by atoms with Crippen molar-refractivity contribution in [1.82, 2.24) is 0 Å². The van der Waals surface area contributed by atoms with Crippen LogP contribution in [0.2, 0.25) is 0 Å². The van der Waals surface area contributed by atoms with E-state index in [1.165, 1.54) is 0 Å². The molecule has 4 heteroatoms. The molecule has 21 heavy (non-hydrogen) atoms. The highest BCUT2D eigenvalue weighted by Gasteiger charge is 2.12. The maximum Gasteiger partial charge on any atom is 0.175 e. The molecule has 0 radical (unpaired) electrons. The van der Waals surface area contributed by atoms with Crippen LogP contribution in [0.15, 0.2) is 48.5 Å². The highest BCUT2D eigenvalue weighted by atomic mass is 32.2. The molecule has 0 aliphatic rings. The fourth-order valence-electron chi connectivity index (χ4n) is 2.02. The molecule has 0 aromatic heterocycles. The SMILES string of the molecule is COc1cccc(C(=O)CS(=O)Cc2ccccc2C)c1. The summed E-state index contributed by atoms with van der Waals surface area (Å²) in [5.74, 6) is 0.940. The molecular formula is C17H18O3S. The van der Waals surface area contributed by atoms with Crippen molar-refractivity contribution in [1.29, 1.82) is 0 Å². The third-order valence-corrected chi connectivity index (χ3v) is 4.48. The number of hydrogen-bond acceptors (Lipinski definition) is 3. The lowest BCUT2D eigenvalue weighted by Crippen LogP contribution is -2.12. The molecule has 2 aromatic rings. The van der Waals surface area contributed by atoms with Gasteiger partial charge in [0.25, 0.3) is 0 Å². The highest BCUT2D eigenvalue weighted by molar-refractivity contribution is 7.85. The van der Waals surface area contributed by atoms with E-state index in [0.29, 0.717) is 17.1 Å². The lowest BCUT2D eigenvalue weighted by atomic mass is 10.1. The molecule has 2 aromatic carbocycles. The van der Waals surface area contributed by atoms with Crippen molar-refractivity contribution < 1.29 is 13.7 Å². The van der Waals surface area contributed by atoms with Gasteiger partial charge in [-0.25, -0.2) is 0 Å². The van der Waals surface area contributed by atoms with Crippen LogP contribution in [0.25, 0.3) is 0 Å². The highest BCUT2D eigenvalue weighted by Crippen LogP contribution is 2.15. The Morgan fingerprint density at radius 3 is 2.62 bits per heavy atom. The smallest absolute Gasteiger partial charge is 0.175 e. The second-order valence-corrected chi connectivity index (χ2v) is 6.27. The summed E-state index contributed by atoms with van der Waals surface area (Å²) >= 11 is 0. The molecule has 1 unspecified atom stereocenters. The summed E-state index contributed by atoms with van der Waals surface area (Å²) < 4.78 is 17.3. The molecule has 0 saturated heterocycles. The molecule has 0 amide bonds. The van der Waals surface area contributed by atoms with Crippen LogP contribution in [0.3, 0.4) is 0 Å². The van der Waals surface area contributed by atoms with Crippen LogP contribution >= 0.6 is 0 Å². The predicted octanol–water partition coefficient (Wildman–Crippen LogP) is 3.14. The predicted molar refractivity (Wildman–Crippen MR) is 85.2 cm³/mol. The molecule has 0 aliphatic heterocycles. The molecule has 0 fully saturated rings. The van der Waals surface area contributed by atoms with Gasteiger partial charge in [0.15, 0.2) is 5.78 Å². The minimum atomic E-state index is -1.21. The number of hydrogen-bond donors (Lipinski definition) is 0. The molecule has 0 heterocycles. The van der Waals surface area contributed by atoms with Crippen molar-refractivity contribution in [3.05, 3.63) is 65.2 Å². The zero-order valence-electron chi connectivity index (χ0n) is 12.2. The maximum atomic E-state index is 12.2. The van der Waals surface area contributed by atoms with Gasteiger partial charge < -0.3 is 4.74 Å². The molecule has 0 spiro atoms. The Kier molecular flexibility index (Phi) is 5.28. The molecule has 110 valence electrons. The van der Waals surface area contributed by atoms with E-state index in [1.54, 1.807) is 31.4 Å². The Labute approximate surface area is 127 Å². The van der Waals surface area contributed by atoms with E-state index in [4.69, 9.17) is 4.74 Å². The van der Waals surface area contributed by atoms with Crippen LogP contribution in [-0.4, -0.2) is 22.9 Å². The summed E-state index contributed by atoms with van der Waals surface area (Å²) in [6.07, 6.45) is 0. The topological polar surface area (TPSA) is 43.4 Å². The monoisotopic (exact) mass is 302 g/mol. The third-order valence-electron chi connectivity index (χ3n) is 3.26. The van der Waals surface area contributed by atoms with E-state index in [-0.39, 0.29) is 11.5 Å². The number of methoxy groups -OCH3 is 1. The van der Waals surface area contributed by atoms with E-state index in [9.17, 15) is 9.00 Å². The number of ether oxygens (including phenoxy) is 1. The fraction of sp³-hybridized carbons (Fsp3) is 0.235. The lowest BCUT2D eigenvalue weighted by Gasteiger charge is -2.06. The Morgan fingerprint density at radius 2 is 1.90 bits per heavy atom. The average molecular weight is 302 g/mol. The first-order valence-corrected chi connectivity index (χ1v) is 8.15. The quantitative estimate of drug-likeness (QED) is 0.770. The van der Waals surface area contributed by atoms with Gasteiger partial charge in [0, 0.05) is 22.1 Å². The second-order valence-electron chi connectivity index (χ2n) is 4.81. The fourth-order valence-corrected chi connectivity index (χ4v) is 3.25. The van der Waals surface area contributed by atoms with Gasteiger partial charge in [-0.2, -0.15) is 0 Å². The molecule has 0 bridgehead atoms. The van der Waals surface area contributed by atoms with Crippen molar-refractivity contribution in [3.63, 3.8) is 0 Å². The summed E-state index contributed by atoms with van der Waals surface area (Å²) in [6, 6.07) is 14.7. The standard InChI is InChI=1S/C17H18O3S/c1-13-6-3-4-7-15(13)11-21(19)12-17(18)14-8-5-9-16(10-14)20-2/h3-10H,11-12H2,1-2H3. The summed E-state index contributed by atoms with van der Waals surface area (Å²) in [5.41, 5.74) is 2.65. The van der Waals surface area contributed by atoms with Crippen LogP contribution in [0.5, 0.6) is 5.75 Å². The van der Waals surface area contributed by atoms with Gasteiger partial charge in [0.2, 0.25) is 0 Å². The Balaban J connectivity index is 2.02. The van der Waals surface area contributed by atoms with Crippen molar-refractivity contribution in [2.24, 2.45) is 0 Å². The van der Waals surface area contributed by atoms with Crippen LogP contribution in [0.4, 0.5) is 0 Å². The molecule has 0 aliphatic carbocycles. The van der Waals surface area contributed by atoms with Gasteiger partial charge >= 0.3 is 0 Å². The van der Waals surface area contributed by atoms with Gasteiger partial charge in [-0.1, -0.05) is 36.4 Å². The van der Waals surface area contributed by atoms with Crippen molar-refractivity contribution in [3.8, 4) is 5.75 Å². The van der Waals surface area contributed by atoms with Crippen molar-refractivity contribution >= 4 is 16.6 Å². The van der Waals surface area contributed by atoms with E-state index in [1.807, 2.05) is 31.2 Å². The zero-order valence-corrected chi connectivity index (χ0v) is 13.0. The van der Waals surface area contributed by atoms with E-state index in [0.717, 1.165) is 11.1 Å². The summed E-state index contributed by atoms with van der Waals surface area (Å²) in [7, 11) is 0.345. The molecule has 3 nitrogen and oxygen atoms in total. The maximum absolute atomic E-state index is 12.2. The van der Waals surface area contributed by atoms with Crippen LogP contribution in [0.1, 0.15) is 21.5 Å². The largest absolute Gasteiger partial charge is 0.497 e. The van der Waals surface area contributed by atoms with Crippen molar-refractivity contribution in [2.75, 3.05) is 12.9 Å². The van der Waals surface area contributed by atoms with Crippen molar-refractivity contribution in [2.45, 2.75) is 12.7 Å². The minimum absolute atomic E-state index is 0.0293. The Hall–Kier alpha value is -1.94. The number of Topliss-reactive ketones (excluding diaryl/α,β-unsaturated/α-hetero) is 1. The lowest BCUT2D eigenvalue weighted by molar-refractivity contribution is 0.102. The second kappa shape index (κ2) is 7.18. The van der Waals surface area contributed by atoms with E-state index >= 15 is 0 Å². The first-order valence-electron chi connectivity index (χ1n) is 6.67. The Morgan fingerprint density at radius 1 is 1.14 bits per heavy atom. The molecule has 1 atom stereocenters. The summed E-state index contributed by atoms with van der Waals surface area (Å²) in [6.45, 7) is 1.98. The summed E-state index contributed by atoms with van der Waals surface area (Å²) in [4.78, 5) is 12.1. The molecular weight excluding hydrogens is 284 g/mol. The van der Waals surface area contributed by atoms with Gasteiger partial charge in [-0.15, -0.1) is 0 Å². The van der Waals surface area contributed by atoms with Gasteiger partial charge in [-0.3, -0.25) is 9.00 Å². The number of carbonyl (C=O) groups excluding carboxylic acids is 1. The molecule has 2 rings (SSSR count). The first kappa shape index (κ1) is 15.4. The number of rotatable bonds is 6. The summed E-state index contributed by atoms with van der Waals surface area (Å²) in [5, 5.41) is 0. The van der Waals surface area contributed by atoms with E-state index in [2.05, 4.69) is 0 Å². The zero-order chi connectivity index (χ0) is 15.2. The van der Waals surface area contributed by atoms with Gasteiger partial charge in [0.05, 0.1) is 12.9 Å². The van der Waals surface area contributed by atoms with Gasteiger partial charge in [0.1, 0.15) is 5.75 Å². The van der Waals surface area contributed by atoms with Crippen LogP contribution in [0, 0.1) is 6.92 Å². The Bertz CT molecular complexity index is 665. The van der Waals surface area contributed by atoms with Crippen LogP contribution in [-0.2, 0) is 16.6 Å². The minimum Gasteiger partial charge on any atom is -0.497 e. The molecule has 0 saturated carbocycles. The number of benzene rings is 2. The molecule has 0 N–H and O–H groups in total. The van der Waals surface area contributed by atoms with Gasteiger partial charge in [-0.05, 0) is 30.2 Å².